The molecule has 4 nitrogen and oxygen atoms in total. The molecule has 0 saturated heterocycles. The lowest BCUT2D eigenvalue weighted by Gasteiger charge is -2.20. The fourth-order valence-electron chi connectivity index (χ4n) is 2.68. The maximum atomic E-state index is 5.44. The standard InChI is InChI=1S/C19H21N3O/c1-4-22(5-2)16-12-10-15(11-13-16)19-20-18(21-23-19)17-9-7-6-8-14(17)3/h6-13H,4-5H2,1-3H3. The number of hydrogen-bond donors (Lipinski definition) is 0. The van der Waals surface area contributed by atoms with Gasteiger partial charge in [-0.05, 0) is 50.6 Å². The molecule has 0 aliphatic carbocycles. The largest absolute Gasteiger partial charge is 0.372 e. The number of benzene rings is 2. The van der Waals surface area contributed by atoms with Crippen LogP contribution < -0.4 is 4.90 Å². The highest BCUT2D eigenvalue weighted by Crippen LogP contribution is 2.26. The van der Waals surface area contributed by atoms with Gasteiger partial charge in [0.1, 0.15) is 0 Å². The molecular weight excluding hydrogens is 286 g/mol. The van der Waals surface area contributed by atoms with Crippen molar-refractivity contribution in [3.63, 3.8) is 0 Å². The number of aryl methyl sites for hydroxylation is 1. The third-order valence-corrected chi connectivity index (χ3v) is 4.05. The molecule has 0 N–H and O–H groups in total. The predicted octanol–water partition coefficient (Wildman–Crippen LogP) is 4.56. The van der Waals surface area contributed by atoms with E-state index in [1.807, 2.05) is 43.3 Å². The second kappa shape index (κ2) is 6.65. The van der Waals surface area contributed by atoms with Crippen LogP contribution in [-0.2, 0) is 0 Å². The van der Waals surface area contributed by atoms with Crippen molar-refractivity contribution in [3.05, 3.63) is 54.1 Å². The lowest BCUT2D eigenvalue weighted by atomic mass is 10.1. The molecule has 0 aliphatic rings. The minimum atomic E-state index is 0.550. The zero-order chi connectivity index (χ0) is 16.2. The van der Waals surface area contributed by atoms with E-state index in [1.54, 1.807) is 0 Å². The molecule has 0 radical (unpaired) electrons. The molecule has 118 valence electrons. The van der Waals surface area contributed by atoms with Crippen molar-refractivity contribution in [2.75, 3.05) is 18.0 Å². The molecule has 0 unspecified atom stereocenters. The summed E-state index contributed by atoms with van der Waals surface area (Å²) in [5.41, 5.74) is 4.28. The molecular formula is C19H21N3O. The van der Waals surface area contributed by atoms with E-state index in [0.717, 1.165) is 29.8 Å². The van der Waals surface area contributed by atoms with Crippen molar-refractivity contribution < 1.29 is 4.52 Å². The van der Waals surface area contributed by atoms with Crippen molar-refractivity contribution in [1.82, 2.24) is 10.1 Å². The summed E-state index contributed by atoms with van der Waals surface area (Å²) in [6, 6.07) is 16.3. The van der Waals surface area contributed by atoms with Crippen LogP contribution in [-0.4, -0.2) is 23.2 Å². The molecule has 3 aromatic rings. The lowest BCUT2D eigenvalue weighted by Crippen LogP contribution is -2.21. The van der Waals surface area contributed by atoms with Gasteiger partial charge in [-0.3, -0.25) is 0 Å². The maximum Gasteiger partial charge on any atom is 0.258 e. The summed E-state index contributed by atoms with van der Waals surface area (Å²) in [7, 11) is 0. The molecule has 23 heavy (non-hydrogen) atoms. The van der Waals surface area contributed by atoms with Gasteiger partial charge in [0.25, 0.3) is 5.89 Å². The van der Waals surface area contributed by atoms with Crippen LogP contribution in [0, 0.1) is 6.92 Å². The fraction of sp³-hybridized carbons (Fsp3) is 0.263. The molecule has 0 saturated carbocycles. The minimum absolute atomic E-state index is 0.550. The third-order valence-electron chi connectivity index (χ3n) is 4.05. The van der Waals surface area contributed by atoms with Gasteiger partial charge in [0.05, 0.1) is 0 Å². The van der Waals surface area contributed by atoms with Gasteiger partial charge in [0.2, 0.25) is 5.82 Å². The molecule has 0 spiro atoms. The Morgan fingerprint density at radius 2 is 1.65 bits per heavy atom. The van der Waals surface area contributed by atoms with Crippen molar-refractivity contribution in [1.29, 1.82) is 0 Å². The van der Waals surface area contributed by atoms with Gasteiger partial charge in [-0.25, -0.2) is 0 Å². The van der Waals surface area contributed by atoms with Gasteiger partial charge in [0, 0.05) is 29.9 Å². The second-order valence-corrected chi connectivity index (χ2v) is 5.46. The monoisotopic (exact) mass is 307 g/mol. The Morgan fingerprint density at radius 1 is 0.957 bits per heavy atom. The highest BCUT2D eigenvalue weighted by atomic mass is 16.5. The van der Waals surface area contributed by atoms with Crippen LogP contribution >= 0.6 is 0 Å². The van der Waals surface area contributed by atoms with E-state index in [4.69, 9.17) is 4.52 Å². The number of rotatable bonds is 5. The smallest absolute Gasteiger partial charge is 0.258 e. The van der Waals surface area contributed by atoms with Crippen LogP contribution in [0.1, 0.15) is 19.4 Å². The SMILES string of the molecule is CCN(CC)c1ccc(-c2nc(-c3ccccc3C)no2)cc1. The average Bonchev–Trinajstić information content (AvgIpc) is 3.07. The van der Waals surface area contributed by atoms with Gasteiger partial charge >= 0.3 is 0 Å². The number of hydrogen-bond acceptors (Lipinski definition) is 4. The number of nitrogens with zero attached hydrogens (tertiary/aromatic N) is 3. The summed E-state index contributed by atoms with van der Waals surface area (Å²) in [6.07, 6.45) is 0. The van der Waals surface area contributed by atoms with Crippen LogP contribution in [0.15, 0.2) is 53.1 Å². The van der Waals surface area contributed by atoms with Gasteiger partial charge < -0.3 is 9.42 Å². The quantitative estimate of drug-likeness (QED) is 0.693. The summed E-state index contributed by atoms with van der Waals surface area (Å²) >= 11 is 0. The maximum absolute atomic E-state index is 5.44. The first kappa shape index (κ1) is 15.3. The Kier molecular flexibility index (Phi) is 4.42. The van der Waals surface area contributed by atoms with Crippen LogP contribution in [0.4, 0.5) is 5.69 Å². The Labute approximate surface area is 136 Å². The highest BCUT2D eigenvalue weighted by Gasteiger charge is 2.12. The van der Waals surface area contributed by atoms with Gasteiger partial charge in [0.15, 0.2) is 0 Å². The summed E-state index contributed by atoms with van der Waals surface area (Å²) in [5.74, 6) is 1.18. The van der Waals surface area contributed by atoms with E-state index < -0.39 is 0 Å². The summed E-state index contributed by atoms with van der Waals surface area (Å²) in [5, 5.41) is 4.12. The molecule has 4 heteroatoms. The van der Waals surface area contributed by atoms with E-state index in [0.29, 0.717) is 11.7 Å². The zero-order valence-corrected chi connectivity index (χ0v) is 13.8. The van der Waals surface area contributed by atoms with Crippen LogP contribution in [0.2, 0.25) is 0 Å². The number of aromatic nitrogens is 2. The van der Waals surface area contributed by atoms with Gasteiger partial charge in [-0.15, -0.1) is 0 Å². The third kappa shape index (κ3) is 3.11. The minimum Gasteiger partial charge on any atom is -0.372 e. The van der Waals surface area contributed by atoms with Crippen LogP contribution in [0.25, 0.3) is 22.8 Å². The van der Waals surface area contributed by atoms with Crippen molar-refractivity contribution in [2.45, 2.75) is 20.8 Å². The zero-order valence-electron chi connectivity index (χ0n) is 13.8. The number of anilines is 1. The molecule has 0 atom stereocenters. The second-order valence-electron chi connectivity index (χ2n) is 5.46. The van der Waals surface area contributed by atoms with Crippen LogP contribution in [0.3, 0.4) is 0 Å². The summed E-state index contributed by atoms with van der Waals surface area (Å²) in [6.45, 7) is 8.35. The summed E-state index contributed by atoms with van der Waals surface area (Å²) < 4.78 is 5.44. The van der Waals surface area contributed by atoms with E-state index in [-0.39, 0.29) is 0 Å². The van der Waals surface area contributed by atoms with Crippen molar-refractivity contribution >= 4 is 5.69 Å². The van der Waals surface area contributed by atoms with Crippen molar-refractivity contribution in [3.8, 4) is 22.8 Å². The van der Waals surface area contributed by atoms with Crippen molar-refractivity contribution in [2.24, 2.45) is 0 Å². The Bertz CT molecular complexity index is 773. The molecule has 1 aromatic heterocycles. The molecule has 0 bridgehead atoms. The lowest BCUT2D eigenvalue weighted by molar-refractivity contribution is 0.432. The fourth-order valence-corrected chi connectivity index (χ4v) is 2.68. The molecule has 2 aromatic carbocycles. The molecule has 0 fully saturated rings. The first-order valence-corrected chi connectivity index (χ1v) is 7.98. The van der Waals surface area contributed by atoms with E-state index in [1.165, 1.54) is 5.69 Å². The first-order valence-electron chi connectivity index (χ1n) is 7.98. The Hall–Kier alpha value is -2.62. The first-order chi connectivity index (χ1) is 11.2. The molecule has 0 aliphatic heterocycles. The Balaban J connectivity index is 1.87. The average molecular weight is 307 g/mol. The normalized spacial score (nSPS) is 10.7. The van der Waals surface area contributed by atoms with E-state index in [9.17, 15) is 0 Å². The van der Waals surface area contributed by atoms with Gasteiger partial charge in [-0.1, -0.05) is 29.4 Å². The summed E-state index contributed by atoms with van der Waals surface area (Å²) in [4.78, 5) is 6.84. The topological polar surface area (TPSA) is 42.2 Å². The molecule has 1 heterocycles. The van der Waals surface area contributed by atoms with E-state index in [2.05, 4.69) is 41.0 Å². The Morgan fingerprint density at radius 3 is 2.30 bits per heavy atom. The van der Waals surface area contributed by atoms with Crippen LogP contribution in [0.5, 0.6) is 0 Å². The molecule has 0 amide bonds. The predicted molar refractivity (Wildman–Crippen MR) is 93.5 cm³/mol. The van der Waals surface area contributed by atoms with E-state index >= 15 is 0 Å². The van der Waals surface area contributed by atoms with Gasteiger partial charge in [-0.2, -0.15) is 4.98 Å². The highest BCUT2D eigenvalue weighted by molar-refractivity contribution is 5.64. The molecule has 3 rings (SSSR count).